The molecule has 0 bridgehead atoms. The molecule has 0 amide bonds. The summed E-state index contributed by atoms with van der Waals surface area (Å²) in [4.78, 5) is 33.7. The van der Waals surface area contributed by atoms with Crippen LogP contribution in [-0.2, 0) is 32.7 Å². The normalized spacial score (nSPS) is 14.1. The van der Waals surface area contributed by atoms with Crippen LogP contribution in [0.2, 0.25) is 0 Å². The van der Waals surface area contributed by atoms with Crippen molar-refractivity contribution in [2.24, 2.45) is 5.73 Å². The van der Waals surface area contributed by atoms with E-state index in [9.17, 15) is 19.0 Å². The molecule has 0 saturated carbocycles. The first kappa shape index (κ1) is 61.9. The quantitative estimate of drug-likeness (QED) is 0.0232. The highest BCUT2D eigenvalue weighted by atomic mass is 31.2. The third-order valence-corrected chi connectivity index (χ3v) is 12.3. The topological polar surface area (TPSA) is 155 Å². The van der Waals surface area contributed by atoms with Gasteiger partial charge in [0.15, 0.2) is 0 Å². The third-order valence-electron chi connectivity index (χ3n) is 11.4. The van der Waals surface area contributed by atoms with Crippen LogP contribution in [0.4, 0.5) is 0 Å². The van der Waals surface area contributed by atoms with E-state index >= 15 is 0 Å². The molecule has 0 aliphatic rings. The fourth-order valence-electron chi connectivity index (χ4n) is 7.36. The number of rotatable bonds is 50. The van der Waals surface area contributed by atoms with Crippen molar-refractivity contribution in [1.29, 1.82) is 0 Å². The Balaban J connectivity index is 4.12. The summed E-state index contributed by atoms with van der Waals surface area (Å²) < 4.78 is 33.5. The molecule has 374 valence electrons. The fourth-order valence-corrected chi connectivity index (χ4v) is 8.14. The van der Waals surface area contributed by atoms with Crippen molar-refractivity contribution in [2.75, 3.05) is 26.4 Å². The Bertz CT molecular complexity index is 1210. The standard InChI is InChI=1S/C53H98NO9P/c1-3-5-7-9-11-13-15-17-19-21-23-24-25-26-27-29-31-33-35-37-39-41-43-45-52(55)63-50(48-61-64(58,59)62-49-51(54)53(56)57)47-60-46-44-42-40-38-36-34-32-30-28-22-20-18-16-14-12-10-8-6-4-2/h5,7,11,13,17,19,23-24,50-51H,3-4,6,8-10,12,14-16,18,20-22,25-49,54H2,1-2H3,(H,56,57)(H,58,59)/b7-5-,13-11-,19-17-,24-23-. The first-order chi connectivity index (χ1) is 31.2. The Morgan fingerprint density at radius 1 is 0.516 bits per heavy atom. The molecule has 0 rings (SSSR count). The lowest BCUT2D eigenvalue weighted by atomic mass is 10.0. The maximum Gasteiger partial charge on any atom is 0.472 e. The number of nitrogens with two attached hydrogens (primary N) is 1. The highest BCUT2D eigenvalue weighted by Crippen LogP contribution is 2.43. The number of esters is 1. The molecule has 0 saturated heterocycles. The predicted octanol–water partition coefficient (Wildman–Crippen LogP) is 15.4. The van der Waals surface area contributed by atoms with E-state index in [0.29, 0.717) is 13.0 Å². The zero-order valence-corrected chi connectivity index (χ0v) is 42.0. The number of aliphatic carboxylic acids is 1. The van der Waals surface area contributed by atoms with Crippen molar-refractivity contribution in [3.63, 3.8) is 0 Å². The monoisotopic (exact) mass is 924 g/mol. The van der Waals surface area contributed by atoms with Crippen molar-refractivity contribution in [2.45, 2.75) is 251 Å². The molecule has 64 heavy (non-hydrogen) atoms. The minimum atomic E-state index is -4.62. The van der Waals surface area contributed by atoms with Crippen LogP contribution in [-0.4, -0.2) is 60.5 Å². The zero-order chi connectivity index (χ0) is 46.9. The van der Waals surface area contributed by atoms with E-state index in [4.69, 9.17) is 29.4 Å². The smallest absolute Gasteiger partial charge is 0.472 e. The third kappa shape index (κ3) is 47.9. The summed E-state index contributed by atoms with van der Waals surface area (Å²) in [6, 6.07) is -1.47. The molecule has 0 aromatic heterocycles. The molecule has 3 unspecified atom stereocenters. The molecule has 10 nitrogen and oxygen atoms in total. The maximum absolute atomic E-state index is 12.7. The predicted molar refractivity (Wildman–Crippen MR) is 268 cm³/mol. The van der Waals surface area contributed by atoms with E-state index in [-0.39, 0.29) is 13.0 Å². The van der Waals surface area contributed by atoms with E-state index in [1.165, 1.54) is 141 Å². The summed E-state index contributed by atoms with van der Waals surface area (Å²) >= 11 is 0. The zero-order valence-electron chi connectivity index (χ0n) is 41.1. The van der Waals surface area contributed by atoms with Crippen LogP contribution >= 0.6 is 7.82 Å². The SMILES string of the molecule is CC/C=C\C/C=C\C/C=C\C/C=C\CCCCCCCCCCCCC(=O)OC(COCCCCCCCCCCCCCCCCCCCCC)COP(=O)(O)OCC(N)C(=O)O. The fraction of sp³-hybridized carbons (Fsp3) is 0.811. The second kappa shape index (κ2) is 48.9. The van der Waals surface area contributed by atoms with Crippen LogP contribution in [0.25, 0.3) is 0 Å². The van der Waals surface area contributed by atoms with Crippen molar-refractivity contribution < 1.29 is 42.7 Å². The second-order valence-corrected chi connectivity index (χ2v) is 19.1. The van der Waals surface area contributed by atoms with Crippen LogP contribution in [0, 0.1) is 0 Å². The summed E-state index contributed by atoms with van der Waals surface area (Å²) in [5, 5.41) is 8.93. The maximum atomic E-state index is 12.7. The number of allylic oxidation sites excluding steroid dienone is 8. The Hall–Kier alpha value is -2.07. The highest BCUT2D eigenvalue weighted by molar-refractivity contribution is 7.47. The van der Waals surface area contributed by atoms with Crippen molar-refractivity contribution in [3.05, 3.63) is 48.6 Å². The van der Waals surface area contributed by atoms with Gasteiger partial charge in [0.05, 0.1) is 19.8 Å². The number of unbranched alkanes of at least 4 members (excludes halogenated alkanes) is 28. The molecule has 3 atom stereocenters. The van der Waals surface area contributed by atoms with Gasteiger partial charge < -0.3 is 25.2 Å². The Kier molecular flexibility index (Phi) is 47.3. The molecule has 0 radical (unpaired) electrons. The van der Waals surface area contributed by atoms with Crippen molar-refractivity contribution in [1.82, 2.24) is 0 Å². The van der Waals surface area contributed by atoms with Gasteiger partial charge >= 0.3 is 19.8 Å². The molecule has 11 heteroatoms. The van der Waals surface area contributed by atoms with E-state index in [1.54, 1.807) is 0 Å². The van der Waals surface area contributed by atoms with Crippen molar-refractivity contribution >= 4 is 19.8 Å². The van der Waals surface area contributed by atoms with E-state index < -0.39 is 45.1 Å². The molecule has 0 aliphatic heterocycles. The first-order valence-electron chi connectivity index (χ1n) is 26.2. The van der Waals surface area contributed by atoms with Gasteiger partial charge in [0, 0.05) is 13.0 Å². The van der Waals surface area contributed by atoms with Crippen LogP contribution in [0.3, 0.4) is 0 Å². The van der Waals surface area contributed by atoms with Gasteiger partial charge in [-0.25, -0.2) is 4.57 Å². The highest BCUT2D eigenvalue weighted by Gasteiger charge is 2.27. The largest absolute Gasteiger partial charge is 0.480 e. The van der Waals surface area contributed by atoms with Crippen LogP contribution in [0.5, 0.6) is 0 Å². The molecule has 0 heterocycles. The lowest BCUT2D eigenvalue weighted by Gasteiger charge is -2.20. The number of carbonyl (C=O) groups excluding carboxylic acids is 1. The number of ether oxygens (including phenoxy) is 2. The molecule has 0 spiro atoms. The average molecular weight is 924 g/mol. The number of hydrogen-bond acceptors (Lipinski definition) is 8. The summed E-state index contributed by atoms with van der Waals surface area (Å²) in [6.07, 6.45) is 58.8. The van der Waals surface area contributed by atoms with Gasteiger partial charge in [-0.05, 0) is 51.4 Å². The Morgan fingerprint density at radius 2 is 0.906 bits per heavy atom. The molecule has 0 aromatic carbocycles. The van der Waals surface area contributed by atoms with Crippen molar-refractivity contribution in [3.8, 4) is 0 Å². The molecule has 0 aromatic rings. The Morgan fingerprint density at radius 3 is 1.36 bits per heavy atom. The number of phosphoric ester groups is 1. The van der Waals surface area contributed by atoms with Gasteiger partial charge in [-0.15, -0.1) is 0 Å². The summed E-state index contributed by atoms with van der Waals surface area (Å²) in [7, 11) is -4.62. The van der Waals surface area contributed by atoms with Gasteiger partial charge in [-0.3, -0.25) is 18.6 Å². The number of phosphoric acid groups is 1. The minimum Gasteiger partial charge on any atom is -0.480 e. The number of carbonyl (C=O) groups is 2. The Labute approximate surface area is 392 Å². The number of carboxylic acids is 1. The summed E-state index contributed by atoms with van der Waals surface area (Å²) in [5.74, 6) is -1.78. The van der Waals surface area contributed by atoms with Gasteiger partial charge in [0.25, 0.3) is 0 Å². The van der Waals surface area contributed by atoms with Gasteiger partial charge in [-0.2, -0.15) is 0 Å². The number of carboxylic acid groups (broad SMARTS) is 1. The lowest BCUT2D eigenvalue weighted by Crippen LogP contribution is -2.34. The van der Waals surface area contributed by atoms with Gasteiger partial charge in [-0.1, -0.05) is 229 Å². The van der Waals surface area contributed by atoms with Gasteiger partial charge in [0.2, 0.25) is 0 Å². The summed E-state index contributed by atoms with van der Waals surface area (Å²) in [6.45, 7) is 3.81. The molecule has 0 fully saturated rings. The minimum absolute atomic E-state index is 0.0177. The first-order valence-corrected chi connectivity index (χ1v) is 27.7. The van der Waals surface area contributed by atoms with E-state index in [0.717, 1.165) is 70.6 Å². The van der Waals surface area contributed by atoms with Gasteiger partial charge in [0.1, 0.15) is 12.1 Å². The average Bonchev–Trinajstić information content (AvgIpc) is 3.28. The van der Waals surface area contributed by atoms with Crippen LogP contribution < -0.4 is 5.73 Å². The molecular formula is C53H98NO9P. The molecule has 0 aliphatic carbocycles. The van der Waals surface area contributed by atoms with E-state index in [1.807, 2.05) is 0 Å². The lowest BCUT2D eigenvalue weighted by molar-refractivity contribution is -0.154. The number of hydrogen-bond donors (Lipinski definition) is 3. The van der Waals surface area contributed by atoms with E-state index in [2.05, 4.69) is 62.5 Å². The summed E-state index contributed by atoms with van der Waals surface area (Å²) in [5.41, 5.74) is 5.38. The van der Waals surface area contributed by atoms with Crippen LogP contribution in [0.1, 0.15) is 239 Å². The second-order valence-electron chi connectivity index (χ2n) is 17.6. The van der Waals surface area contributed by atoms with Crippen LogP contribution in [0.15, 0.2) is 48.6 Å². The molecular weight excluding hydrogens is 826 g/mol. The molecule has 4 N–H and O–H groups in total.